The van der Waals surface area contributed by atoms with E-state index in [-0.39, 0.29) is 5.97 Å². The molecule has 0 aromatic heterocycles. The summed E-state index contributed by atoms with van der Waals surface area (Å²) in [6.45, 7) is 3.93. The molecule has 0 saturated carbocycles. The van der Waals surface area contributed by atoms with Crippen LogP contribution in [0.5, 0.6) is 0 Å². The summed E-state index contributed by atoms with van der Waals surface area (Å²) in [6, 6.07) is 9.93. The molecule has 0 saturated heterocycles. The molecule has 0 aliphatic carbocycles. The average Bonchev–Trinajstić information content (AvgIpc) is 2.29. The van der Waals surface area contributed by atoms with Gasteiger partial charge in [-0.2, -0.15) is 0 Å². The zero-order valence-electron chi connectivity index (χ0n) is 10.6. The van der Waals surface area contributed by atoms with E-state index in [4.69, 9.17) is 17.0 Å². The summed E-state index contributed by atoms with van der Waals surface area (Å²) in [7, 11) is 0. The molecule has 0 amide bonds. The summed E-state index contributed by atoms with van der Waals surface area (Å²) in [5, 5.41) is 3.01. The van der Waals surface area contributed by atoms with Crippen molar-refractivity contribution in [1.29, 1.82) is 0 Å². The van der Waals surface area contributed by atoms with Crippen LogP contribution in [-0.4, -0.2) is 17.6 Å². The molecule has 3 nitrogen and oxygen atoms in total. The molecule has 96 valence electrons. The molecule has 0 heterocycles. The molecule has 0 radical (unpaired) electrons. The lowest BCUT2D eigenvalue weighted by Gasteiger charge is -2.08. The van der Waals surface area contributed by atoms with Crippen LogP contribution < -0.4 is 5.32 Å². The number of nitrogens with one attached hydrogen (secondary N) is 1. The lowest BCUT2D eigenvalue weighted by Crippen LogP contribution is -2.22. The van der Waals surface area contributed by atoms with Crippen molar-refractivity contribution in [2.75, 3.05) is 6.61 Å². The van der Waals surface area contributed by atoms with Gasteiger partial charge in [-0.1, -0.05) is 42.5 Å². The summed E-state index contributed by atoms with van der Waals surface area (Å²) < 4.78 is 4.81. The first-order valence-corrected chi connectivity index (χ1v) is 6.21. The van der Waals surface area contributed by atoms with E-state index >= 15 is 0 Å². The summed E-state index contributed by atoms with van der Waals surface area (Å²) in [4.78, 5) is 11.9. The van der Waals surface area contributed by atoms with Gasteiger partial charge in [0.1, 0.15) is 0 Å². The SMILES string of the molecule is CCOC(=O)C=C(C)NC(=S)Cc1ccccc1. The van der Waals surface area contributed by atoms with E-state index in [1.807, 2.05) is 30.3 Å². The number of esters is 1. The number of ether oxygens (including phenoxy) is 1. The van der Waals surface area contributed by atoms with Gasteiger partial charge in [0, 0.05) is 18.2 Å². The summed E-state index contributed by atoms with van der Waals surface area (Å²) >= 11 is 5.23. The van der Waals surface area contributed by atoms with Crippen LogP contribution in [0.3, 0.4) is 0 Å². The van der Waals surface area contributed by atoms with Crippen molar-refractivity contribution in [1.82, 2.24) is 5.32 Å². The van der Waals surface area contributed by atoms with E-state index in [0.29, 0.717) is 23.7 Å². The number of carbonyl (C=O) groups is 1. The molecule has 0 aliphatic rings. The number of benzene rings is 1. The summed E-state index contributed by atoms with van der Waals surface area (Å²) in [6.07, 6.45) is 2.06. The van der Waals surface area contributed by atoms with E-state index in [1.54, 1.807) is 13.8 Å². The Morgan fingerprint density at radius 1 is 1.39 bits per heavy atom. The standard InChI is InChI=1S/C14H17NO2S/c1-3-17-14(16)9-11(2)15-13(18)10-12-7-5-4-6-8-12/h4-9H,3,10H2,1-2H3,(H,15,18). The van der Waals surface area contributed by atoms with Crippen LogP contribution in [0.25, 0.3) is 0 Å². The molecular weight excluding hydrogens is 246 g/mol. The van der Waals surface area contributed by atoms with Gasteiger partial charge in [0.25, 0.3) is 0 Å². The van der Waals surface area contributed by atoms with Gasteiger partial charge in [-0.15, -0.1) is 0 Å². The topological polar surface area (TPSA) is 38.3 Å². The maximum Gasteiger partial charge on any atom is 0.332 e. The average molecular weight is 263 g/mol. The van der Waals surface area contributed by atoms with Gasteiger partial charge in [0.05, 0.1) is 11.6 Å². The van der Waals surface area contributed by atoms with Crippen LogP contribution in [0.15, 0.2) is 42.1 Å². The molecule has 0 aliphatic heterocycles. The molecule has 1 rings (SSSR count). The lowest BCUT2D eigenvalue weighted by atomic mass is 10.1. The largest absolute Gasteiger partial charge is 0.463 e. The van der Waals surface area contributed by atoms with Crippen LogP contribution in [0.4, 0.5) is 0 Å². The Balaban J connectivity index is 2.47. The Morgan fingerprint density at radius 2 is 2.06 bits per heavy atom. The van der Waals surface area contributed by atoms with E-state index in [0.717, 1.165) is 5.56 Å². The minimum absolute atomic E-state index is 0.356. The maximum absolute atomic E-state index is 11.2. The third kappa shape index (κ3) is 5.59. The van der Waals surface area contributed by atoms with Crippen molar-refractivity contribution in [3.05, 3.63) is 47.7 Å². The minimum Gasteiger partial charge on any atom is -0.463 e. The number of carbonyl (C=O) groups excluding carboxylic acids is 1. The third-order valence-electron chi connectivity index (χ3n) is 2.17. The highest BCUT2D eigenvalue weighted by Crippen LogP contribution is 2.01. The first-order valence-electron chi connectivity index (χ1n) is 5.80. The molecule has 0 unspecified atom stereocenters. The third-order valence-corrected chi connectivity index (χ3v) is 2.41. The quantitative estimate of drug-likeness (QED) is 0.503. The molecule has 0 fully saturated rings. The zero-order valence-corrected chi connectivity index (χ0v) is 11.4. The first-order chi connectivity index (χ1) is 8.61. The second-order valence-corrected chi connectivity index (χ2v) is 4.28. The Kier molecular flexibility index (Phi) is 6.08. The Bertz CT molecular complexity index is 440. The second kappa shape index (κ2) is 7.61. The van der Waals surface area contributed by atoms with Gasteiger partial charge in [-0.3, -0.25) is 0 Å². The molecule has 1 N–H and O–H groups in total. The fourth-order valence-electron chi connectivity index (χ4n) is 1.44. The van der Waals surface area contributed by atoms with Crippen LogP contribution >= 0.6 is 12.2 Å². The highest BCUT2D eigenvalue weighted by atomic mass is 32.1. The molecule has 0 bridgehead atoms. The number of thiocarbonyl (C=S) groups is 1. The molecule has 1 aromatic rings. The molecule has 18 heavy (non-hydrogen) atoms. The number of hydrogen-bond acceptors (Lipinski definition) is 3. The summed E-state index contributed by atoms with van der Waals surface area (Å²) in [5.41, 5.74) is 1.83. The predicted molar refractivity (Wildman–Crippen MR) is 76.3 cm³/mol. The van der Waals surface area contributed by atoms with Crippen molar-refractivity contribution in [3.8, 4) is 0 Å². The Hall–Kier alpha value is -1.68. The molecule has 0 atom stereocenters. The fourth-order valence-corrected chi connectivity index (χ4v) is 1.77. The molecule has 4 heteroatoms. The van der Waals surface area contributed by atoms with Crippen molar-refractivity contribution >= 4 is 23.2 Å². The van der Waals surface area contributed by atoms with Gasteiger partial charge < -0.3 is 10.1 Å². The van der Waals surface area contributed by atoms with Crippen molar-refractivity contribution < 1.29 is 9.53 Å². The van der Waals surface area contributed by atoms with E-state index in [9.17, 15) is 4.79 Å². The lowest BCUT2D eigenvalue weighted by molar-refractivity contribution is -0.137. The van der Waals surface area contributed by atoms with Gasteiger partial charge in [-0.05, 0) is 19.4 Å². The zero-order chi connectivity index (χ0) is 13.4. The normalized spacial score (nSPS) is 10.9. The van der Waals surface area contributed by atoms with Crippen LogP contribution in [0.2, 0.25) is 0 Å². The number of allylic oxidation sites excluding steroid dienone is 1. The predicted octanol–water partition coefficient (Wildman–Crippen LogP) is 2.61. The van der Waals surface area contributed by atoms with Gasteiger partial charge >= 0.3 is 5.97 Å². The number of rotatable bonds is 5. The van der Waals surface area contributed by atoms with E-state index in [1.165, 1.54) is 6.08 Å². The van der Waals surface area contributed by atoms with Crippen molar-refractivity contribution in [2.24, 2.45) is 0 Å². The number of hydrogen-bond donors (Lipinski definition) is 1. The smallest absolute Gasteiger partial charge is 0.332 e. The molecule has 0 spiro atoms. The van der Waals surface area contributed by atoms with E-state index < -0.39 is 0 Å². The molecular formula is C14H17NO2S. The van der Waals surface area contributed by atoms with Crippen LogP contribution in [0, 0.1) is 0 Å². The first kappa shape index (κ1) is 14.4. The highest BCUT2D eigenvalue weighted by Gasteiger charge is 2.01. The Labute approximate surface area is 113 Å². The Morgan fingerprint density at radius 3 is 2.67 bits per heavy atom. The van der Waals surface area contributed by atoms with E-state index in [2.05, 4.69) is 5.32 Å². The molecule has 1 aromatic carbocycles. The second-order valence-electron chi connectivity index (χ2n) is 3.79. The van der Waals surface area contributed by atoms with Gasteiger partial charge in [-0.25, -0.2) is 4.79 Å². The van der Waals surface area contributed by atoms with Crippen molar-refractivity contribution in [2.45, 2.75) is 20.3 Å². The monoisotopic (exact) mass is 263 g/mol. The van der Waals surface area contributed by atoms with Crippen molar-refractivity contribution in [3.63, 3.8) is 0 Å². The maximum atomic E-state index is 11.2. The minimum atomic E-state index is -0.356. The highest BCUT2D eigenvalue weighted by molar-refractivity contribution is 7.80. The van der Waals surface area contributed by atoms with Gasteiger partial charge in [0.15, 0.2) is 0 Å². The summed E-state index contributed by atoms with van der Waals surface area (Å²) in [5.74, 6) is -0.356. The fraction of sp³-hybridized carbons (Fsp3) is 0.286. The van der Waals surface area contributed by atoms with Gasteiger partial charge in [0.2, 0.25) is 0 Å². The van der Waals surface area contributed by atoms with Crippen LogP contribution in [-0.2, 0) is 16.0 Å². The van der Waals surface area contributed by atoms with Crippen LogP contribution in [0.1, 0.15) is 19.4 Å².